The number of rotatable bonds is 4. The number of aryl methyl sites for hydroxylation is 1. The summed E-state index contributed by atoms with van der Waals surface area (Å²) in [4.78, 5) is 0. The van der Waals surface area contributed by atoms with Gasteiger partial charge in [-0.2, -0.15) is 5.10 Å². The highest BCUT2D eigenvalue weighted by atomic mass is 16.5. The number of nitrogens with one attached hydrogen (secondary N) is 1. The van der Waals surface area contributed by atoms with Gasteiger partial charge in [0.25, 0.3) is 0 Å². The van der Waals surface area contributed by atoms with Crippen LogP contribution in [0.4, 0.5) is 5.69 Å². The number of methoxy groups -OCH3 is 1. The number of hydrogen-bond donors (Lipinski definition) is 1. The Hall–Kier alpha value is -2.81. The summed E-state index contributed by atoms with van der Waals surface area (Å²) in [5.41, 5.74) is 7.37. The van der Waals surface area contributed by atoms with E-state index in [0.29, 0.717) is 0 Å². The molecule has 0 fully saturated rings. The molecule has 0 unspecified atom stereocenters. The first-order valence-electron chi connectivity index (χ1n) is 7.61. The molecule has 0 atom stereocenters. The summed E-state index contributed by atoms with van der Waals surface area (Å²) in [6.45, 7) is 4.08. The summed E-state index contributed by atoms with van der Waals surface area (Å²) in [7, 11) is 1.68. The summed E-state index contributed by atoms with van der Waals surface area (Å²) in [6.07, 6.45) is 0. The fourth-order valence-electron chi connectivity index (χ4n) is 2.50. The maximum atomic E-state index is 5.26. The van der Waals surface area contributed by atoms with Crippen molar-refractivity contribution in [3.8, 4) is 5.75 Å². The first-order valence-corrected chi connectivity index (χ1v) is 7.61. The molecule has 3 aromatic carbocycles. The molecule has 116 valence electrons. The molecule has 0 bridgehead atoms. The number of ether oxygens (including phenoxy) is 1. The second-order valence-electron chi connectivity index (χ2n) is 5.61. The van der Waals surface area contributed by atoms with Crippen LogP contribution < -0.4 is 10.2 Å². The van der Waals surface area contributed by atoms with Crippen LogP contribution in [0.3, 0.4) is 0 Å². The molecule has 3 nitrogen and oxygen atoms in total. The molecule has 0 aliphatic heterocycles. The van der Waals surface area contributed by atoms with Gasteiger partial charge < -0.3 is 4.74 Å². The van der Waals surface area contributed by atoms with E-state index in [1.165, 1.54) is 10.9 Å². The minimum Gasteiger partial charge on any atom is -0.497 e. The minimum atomic E-state index is 0.872. The summed E-state index contributed by atoms with van der Waals surface area (Å²) in [5, 5.41) is 6.82. The van der Waals surface area contributed by atoms with Gasteiger partial charge in [-0.1, -0.05) is 30.3 Å². The van der Waals surface area contributed by atoms with Crippen LogP contribution in [-0.2, 0) is 0 Å². The second-order valence-corrected chi connectivity index (χ2v) is 5.61. The molecular formula is C20H20N2O. The first kappa shape index (κ1) is 15.1. The Morgan fingerprint density at radius 1 is 0.957 bits per heavy atom. The molecule has 0 aromatic heterocycles. The zero-order valence-electron chi connectivity index (χ0n) is 13.6. The molecule has 3 heteroatoms. The van der Waals surface area contributed by atoms with Gasteiger partial charge in [-0.25, -0.2) is 0 Å². The molecule has 3 rings (SSSR count). The SMILES string of the molecule is COc1ccc2cc(/C(C)=N\Nc3cccc(C)c3)ccc2c1. The second kappa shape index (κ2) is 6.53. The first-order chi connectivity index (χ1) is 11.2. The van der Waals surface area contributed by atoms with Gasteiger partial charge in [-0.3, -0.25) is 5.43 Å². The fourth-order valence-corrected chi connectivity index (χ4v) is 2.50. The highest BCUT2D eigenvalue weighted by molar-refractivity contribution is 6.02. The zero-order chi connectivity index (χ0) is 16.2. The highest BCUT2D eigenvalue weighted by Gasteiger charge is 2.02. The monoisotopic (exact) mass is 304 g/mol. The summed E-state index contributed by atoms with van der Waals surface area (Å²) in [5.74, 6) is 0.872. The molecule has 0 amide bonds. The Labute approximate surface area is 136 Å². The zero-order valence-corrected chi connectivity index (χ0v) is 13.6. The molecule has 0 heterocycles. The number of benzene rings is 3. The van der Waals surface area contributed by atoms with E-state index in [0.717, 1.165) is 28.1 Å². The van der Waals surface area contributed by atoms with Crippen LogP contribution >= 0.6 is 0 Å². The van der Waals surface area contributed by atoms with Gasteiger partial charge in [-0.15, -0.1) is 0 Å². The Kier molecular flexibility index (Phi) is 4.29. The van der Waals surface area contributed by atoms with Crippen molar-refractivity contribution in [2.24, 2.45) is 5.10 Å². The van der Waals surface area contributed by atoms with Crippen molar-refractivity contribution in [2.75, 3.05) is 12.5 Å². The third-order valence-corrected chi connectivity index (χ3v) is 3.84. The Morgan fingerprint density at radius 2 is 1.74 bits per heavy atom. The van der Waals surface area contributed by atoms with Crippen LogP contribution in [0.5, 0.6) is 5.75 Å². The number of hydrogen-bond acceptors (Lipinski definition) is 3. The lowest BCUT2D eigenvalue weighted by atomic mass is 10.0. The quantitative estimate of drug-likeness (QED) is 0.544. The van der Waals surface area contributed by atoms with Gasteiger partial charge in [0.2, 0.25) is 0 Å². The van der Waals surface area contributed by atoms with Gasteiger partial charge in [0.1, 0.15) is 5.75 Å². The van der Waals surface area contributed by atoms with E-state index in [-0.39, 0.29) is 0 Å². The van der Waals surface area contributed by atoms with Gasteiger partial charge >= 0.3 is 0 Å². The van der Waals surface area contributed by atoms with E-state index in [9.17, 15) is 0 Å². The van der Waals surface area contributed by atoms with Crippen LogP contribution in [0.25, 0.3) is 10.8 Å². The molecule has 3 aromatic rings. The third kappa shape index (κ3) is 3.51. The van der Waals surface area contributed by atoms with Gasteiger partial charge in [0, 0.05) is 0 Å². The molecular weight excluding hydrogens is 284 g/mol. The van der Waals surface area contributed by atoms with Crippen LogP contribution in [0.2, 0.25) is 0 Å². The van der Waals surface area contributed by atoms with E-state index >= 15 is 0 Å². The highest BCUT2D eigenvalue weighted by Crippen LogP contribution is 2.22. The molecule has 0 radical (unpaired) electrons. The van der Waals surface area contributed by atoms with Crippen molar-refractivity contribution in [3.05, 3.63) is 71.8 Å². The van der Waals surface area contributed by atoms with E-state index in [1.807, 2.05) is 31.2 Å². The maximum absolute atomic E-state index is 5.26. The van der Waals surface area contributed by atoms with E-state index < -0.39 is 0 Å². The van der Waals surface area contributed by atoms with Crippen molar-refractivity contribution in [3.63, 3.8) is 0 Å². The summed E-state index contributed by atoms with van der Waals surface area (Å²) >= 11 is 0. The van der Waals surface area contributed by atoms with Crippen molar-refractivity contribution in [1.29, 1.82) is 0 Å². The molecule has 23 heavy (non-hydrogen) atoms. The molecule has 0 spiro atoms. The van der Waals surface area contributed by atoms with E-state index in [1.54, 1.807) is 7.11 Å². The molecule has 0 aliphatic carbocycles. The minimum absolute atomic E-state index is 0.872. The predicted molar refractivity (Wildman–Crippen MR) is 97.5 cm³/mol. The average Bonchev–Trinajstić information content (AvgIpc) is 2.58. The van der Waals surface area contributed by atoms with Gasteiger partial charge in [0.15, 0.2) is 0 Å². The van der Waals surface area contributed by atoms with Crippen molar-refractivity contribution in [2.45, 2.75) is 13.8 Å². The lowest BCUT2D eigenvalue weighted by molar-refractivity contribution is 0.415. The van der Waals surface area contributed by atoms with E-state index in [2.05, 4.69) is 53.8 Å². The number of fused-ring (bicyclic) bond motifs is 1. The third-order valence-electron chi connectivity index (χ3n) is 3.84. The molecule has 1 N–H and O–H groups in total. The molecule has 0 aliphatic rings. The number of anilines is 1. The number of nitrogens with zero attached hydrogens (tertiary/aromatic N) is 1. The Balaban J connectivity index is 1.85. The van der Waals surface area contributed by atoms with Crippen molar-refractivity contribution >= 4 is 22.2 Å². The largest absolute Gasteiger partial charge is 0.497 e. The van der Waals surface area contributed by atoms with Crippen LogP contribution in [0.15, 0.2) is 65.8 Å². The van der Waals surface area contributed by atoms with Crippen molar-refractivity contribution in [1.82, 2.24) is 0 Å². The van der Waals surface area contributed by atoms with Crippen LogP contribution in [-0.4, -0.2) is 12.8 Å². The Bertz CT molecular complexity index is 868. The predicted octanol–water partition coefficient (Wildman–Crippen LogP) is 4.99. The normalized spacial score (nSPS) is 11.5. The van der Waals surface area contributed by atoms with Gasteiger partial charge in [0.05, 0.1) is 18.5 Å². The topological polar surface area (TPSA) is 33.6 Å². The lowest BCUT2D eigenvalue weighted by Gasteiger charge is -2.07. The van der Waals surface area contributed by atoms with Crippen LogP contribution in [0, 0.1) is 6.92 Å². The Morgan fingerprint density at radius 3 is 2.52 bits per heavy atom. The smallest absolute Gasteiger partial charge is 0.119 e. The lowest BCUT2D eigenvalue weighted by Crippen LogP contribution is -1.99. The molecule has 0 saturated carbocycles. The summed E-state index contributed by atoms with van der Waals surface area (Å²) < 4.78 is 5.26. The summed E-state index contributed by atoms with van der Waals surface area (Å²) in [6, 6.07) is 20.6. The molecule has 0 saturated heterocycles. The number of hydrazone groups is 1. The standard InChI is InChI=1S/C20H20N2O/c1-14-5-4-6-19(11-14)22-21-15(2)16-7-8-18-13-20(23-3)10-9-17(18)12-16/h4-13,22H,1-3H3/b21-15-. The maximum Gasteiger partial charge on any atom is 0.119 e. The average molecular weight is 304 g/mol. The van der Waals surface area contributed by atoms with Crippen LogP contribution in [0.1, 0.15) is 18.1 Å². The van der Waals surface area contributed by atoms with Gasteiger partial charge in [-0.05, 0) is 66.1 Å². The fraction of sp³-hybridized carbons (Fsp3) is 0.150. The van der Waals surface area contributed by atoms with Crippen molar-refractivity contribution < 1.29 is 4.74 Å². The van der Waals surface area contributed by atoms with E-state index in [4.69, 9.17) is 4.74 Å².